The van der Waals surface area contributed by atoms with Crippen LogP contribution in [0, 0.1) is 0 Å². The van der Waals surface area contributed by atoms with Crippen LogP contribution in [0.4, 0.5) is 11.5 Å². The molecule has 4 rings (SSSR count). The molecular formula is C23H23N5O. The first kappa shape index (κ1) is 18.8. The maximum atomic E-state index is 12.8. The van der Waals surface area contributed by atoms with Crippen LogP contribution >= 0.6 is 0 Å². The second-order valence-electron chi connectivity index (χ2n) is 8.03. The minimum Gasteiger partial charge on any atom is -0.339 e. The normalized spacial score (nSPS) is 11.6. The molecule has 146 valence electrons. The minimum absolute atomic E-state index is 0.0363. The van der Waals surface area contributed by atoms with Crippen LogP contribution in [0.25, 0.3) is 5.65 Å². The van der Waals surface area contributed by atoms with E-state index in [1.54, 1.807) is 23.1 Å². The van der Waals surface area contributed by atoms with Crippen molar-refractivity contribution in [1.29, 1.82) is 0 Å². The zero-order valence-corrected chi connectivity index (χ0v) is 16.8. The number of nitrogens with zero attached hydrogens (tertiary/aromatic N) is 4. The van der Waals surface area contributed by atoms with Gasteiger partial charge in [0.15, 0.2) is 11.4 Å². The van der Waals surface area contributed by atoms with Gasteiger partial charge in [-0.1, -0.05) is 45.0 Å². The molecule has 0 unspecified atom stereocenters. The lowest BCUT2D eigenvalue weighted by atomic mass is 9.86. The first-order chi connectivity index (χ1) is 13.9. The van der Waals surface area contributed by atoms with Gasteiger partial charge in [0.2, 0.25) is 0 Å². The van der Waals surface area contributed by atoms with Gasteiger partial charge in [0.05, 0.1) is 30.2 Å². The number of carbonyl (C=O) groups excluding carboxylic acids is 1. The van der Waals surface area contributed by atoms with Crippen LogP contribution in [0.1, 0.15) is 42.4 Å². The lowest BCUT2D eigenvalue weighted by Gasteiger charge is -2.19. The molecule has 6 heteroatoms. The van der Waals surface area contributed by atoms with E-state index in [0.29, 0.717) is 16.9 Å². The lowest BCUT2D eigenvalue weighted by molar-refractivity contribution is 0.0992. The third-order valence-corrected chi connectivity index (χ3v) is 4.76. The molecule has 0 atom stereocenters. The summed E-state index contributed by atoms with van der Waals surface area (Å²) in [4.78, 5) is 21.5. The molecular weight excluding hydrogens is 362 g/mol. The van der Waals surface area contributed by atoms with Crippen molar-refractivity contribution >= 4 is 22.9 Å². The molecule has 4 aromatic rings. The van der Waals surface area contributed by atoms with Gasteiger partial charge in [-0.25, -0.2) is 4.98 Å². The maximum Gasteiger partial charge on any atom is 0.168 e. The number of fused-ring (bicyclic) bond motifs is 1. The second-order valence-corrected chi connectivity index (χ2v) is 8.03. The summed E-state index contributed by atoms with van der Waals surface area (Å²) in [6.07, 6.45) is 5.36. The first-order valence-corrected chi connectivity index (χ1v) is 9.54. The van der Waals surface area contributed by atoms with Gasteiger partial charge in [-0.05, 0) is 23.1 Å². The average Bonchev–Trinajstić information content (AvgIpc) is 3.17. The van der Waals surface area contributed by atoms with E-state index in [1.807, 2.05) is 48.5 Å². The SMILES string of the molecule is CC(C)(C)c1ccc(C(=O)Cc2cc(Nc3cccnc3)n3nccc3n2)cc1. The summed E-state index contributed by atoms with van der Waals surface area (Å²) >= 11 is 0. The van der Waals surface area contributed by atoms with Crippen LogP contribution in [-0.2, 0) is 11.8 Å². The van der Waals surface area contributed by atoms with Gasteiger partial charge < -0.3 is 5.32 Å². The number of pyridine rings is 1. The Morgan fingerprint density at radius 3 is 2.55 bits per heavy atom. The number of hydrogen-bond donors (Lipinski definition) is 1. The Morgan fingerprint density at radius 2 is 1.86 bits per heavy atom. The number of benzene rings is 1. The van der Waals surface area contributed by atoms with E-state index in [4.69, 9.17) is 0 Å². The predicted molar refractivity (Wildman–Crippen MR) is 114 cm³/mol. The summed E-state index contributed by atoms with van der Waals surface area (Å²) in [6, 6.07) is 15.3. The van der Waals surface area contributed by atoms with Gasteiger partial charge >= 0.3 is 0 Å². The number of carbonyl (C=O) groups is 1. The van der Waals surface area contributed by atoms with Gasteiger partial charge in [-0.15, -0.1) is 0 Å². The van der Waals surface area contributed by atoms with Crippen molar-refractivity contribution < 1.29 is 4.79 Å². The van der Waals surface area contributed by atoms with E-state index in [0.717, 1.165) is 11.5 Å². The highest BCUT2D eigenvalue weighted by atomic mass is 16.1. The van der Waals surface area contributed by atoms with E-state index in [9.17, 15) is 4.79 Å². The fourth-order valence-corrected chi connectivity index (χ4v) is 3.15. The van der Waals surface area contributed by atoms with Crippen molar-refractivity contribution in [2.24, 2.45) is 0 Å². The van der Waals surface area contributed by atoms with E-state index in [1.165, 1.54) is 5.56 Å². The quantitative estimate of drug-likeness (QED) is 0.509. The molecule has 0 saturated carbocycles. The fourth-order valence-electron chi connectivity index (χ4n) is 3.15. The molecule has 0 saturated heterocycles. The van der Waals surface area contributed by atoms with Crippen LogP contribution in [-0.4, -0.2) is 25.4 Å². The third kappa shape index (κ3) is 4.16. The van der Waals surface area contributed by atoms with Crippen LogP contribution in [0.3, 0.4) is 0 Å². The number of anilines is 2. The third-order valence-electron chi connectivity index (χ3n) is 4.76. The van der Waals surface area contributed by atoms with Crippen LogP contribution in [0.15, 0.2) is 67.1 Å². The largest absolute Gasteiger partial charge is 0.339 e. The molecule has 0 amide bonds. The number of hydrogen-bond acceptors (Lipinski definition) is 5. The highest BCUT2D eigenvalue weighted by Gasteiger charge is 2.16. The number of ketones is 1. The zero-order chi connectivity index (χ0) is 20.4. The summed E-state index contributed by atoms with van der Waals surface area (Å²) in [5, 5.41) is 7.61. The smallest absolute Gasteiger partial charge is 0.168 e. The summed E-state index contributed by atoms with van der Waals surface area (Å²) in [5.74, 6) is 0.771. The fraction of sp³-hybridized carbons (Fsp3) is 0.217. The molecule has 0 fully saturated rings. The van der Waals surface area contributed by atoms with Crippen molar-refractivity contribution in [1.82, 2.24) is 19.6 Å². The molecule has 0 aliphatic heterocycles. The molecule has 29 heavy (non-hydrogen) atoms. The number of Topliss-reactive ketones (excluding diaryl/α,β-unsaturated/α-hetero) is 1. The van der Waals surface area contributed by atoms with E-state index >= 15 is 0 Å². The Hall–Kier alpha value is -3.54. The van der Waals surface area contributed by atoms with Gasteiger partial charge in [0, 0.05) is 23.9 Å². The average molecular weight is 385 g/mol. The summed E-state index contributed by atoms with van der Waals surface area (Å²) in [7, 11) is 0. The zero-order valence-electron chi connectivity index (χ0n) is 16.8. The van der Waals surface area contributed by atoms with Crippen molar-refractivity contribution in [3.63, 3.8) is 0 Å². The Morgan fingerprint density at radius 1 is 1.07 bits per heavy atom. The van der Waals surface area contributed by atoms with Gasteiger partial charge in [-0.3, -0.25) is 9.78 Å². The Bertz CT molecular complexity index is 1140. The molecule has 0 aliphatic carbocycles. The number of nitrogens with one attached hydrogen (secondary N) is 1. The monoisotopic (exact) mass is 385 g/mol. The molecule has 1 N–H and O–H groups in total. The molecule has 3 aromatic heterocycles. The van der Waals surface area contributed by atoms with E-state index in [2.05, 4.69) is 41.2 Å². The second kappa shape index (κ2) is 7.47. The summed E-state index contributed by atoms with van der Waals surface area (Å²) < 4.78 is 1.71. The predicted octanol–water partition coefficient (Wildman–Crippen LogP) is 4.59. The first-order valence-electron chi connectivity index (χ1n) is 9.54. The molecule has 0 radical (unpaired) electrons. The summed E-state index contributed by atoms with van der Waals surface area (Å²) in [6.45, 7) is 6.47. The highest BCUT2D eigenvalue weighted by molar-refractivity contribution is 5.97. The number of rotatable bonds is 5. The minimum atomic E-state index is 0.0363. The van der Waals surface area contributed by atoms with Crippen molar-refractivity contribution in [3.05, 3.63) is 83.9 Å². The van der Waals surface area contributed by atoms with Gasteiger partial charge in [0.1, 0.15) is 5.82 Å². The number of aromatic nitrogens is 4. The molecule has 3 heterocycles. The molecule has 6 nitrogen and oxygen atoms in total. The maximum absolute atomic E-state index is 12.8. The van der Waals surface area contributed by atoms with Crippen LogP contribution in [0.5, 0.6) is 0 Å². The standard InChI is InChI=1S/C23H23N5O/c1-23(2,3)17-8-6-16(7-9-17)20(29)13-19-14-22(26-18-5-4-11-24-15-18)28-21(27-19)10-12-25-28/h4-12,14-15,26H,13H2,1-3H3. The Kier molecular flexibility index (Phi) is 4.84. The van der Waals surface area contributed by atoms with E-state index in [-0.39, 0.29) is 17.6 Å². The summed E-state index contributed by atoms with van der Waals surface area (Å²) in [5.41, 5.74) is 4.17. The van der Waals surface area contributed by atoms with Crippen LogP contribution in [0.2, 0.25) is 0 Å². The highest BCUT2D eigenvalue weighted by Crippen LogP contribution is 2.23. The topological polar surface area (TPSA) is 72.2 Å². The molecule has 0 bridgehead atoms. The van der Waals surface area contributed by atoms with Gasteiger partial charge in [-0.2, -0.15) is 9.61 Å². The Balaban J connectivity index is 1.60. The van der Waals surface area contributed by atoms with Crippen LogP contribution < -0.4 is 5.32 Å². The van der Waals surface area contributed by atoms with Crippen molar-refractivity contribution in [2.75, 3.05) is 5.32 Å². The molecule has 1 aromatic carbocycles. The lowest BCUT2D eigenvalue weighted by Crippen LogP contribution is -2.12. The van der Waals surface area contributed by atoms with Gasteiger partial charge in [0.25, 0.3) is 0 Å². The Labute approximate surface area is 169 Å². The van der Waals surface area contributed by atoms with Crippen molar-refractivity contribution in [3.8, 4) is 0 Å². The molecule has 0 aliphatic rings. The van der Waals surface area contributed by atoms with E-state index < -0.39 is 0 Å². The molecule has 0 spiro atoms. The van der Waals surface area contributed by atoms with Crippen molar-refractivity contribution in [2.45, 2.75) is 32.6 Å².